The first kappa shape index (κ1) is 43.0. The van der Waals surface area contributed by atoms with Gasteiger partial charge in [-0.25, -0.2) is 14.6 Å². The van der Waals surface area contributed by atoms with E-state index in [9.17, 15) is 14.4 Å². The van der Waals surface area contributed by atoms with Crippen molar-refractivity contribution in [3.05, 3.63) is 47.3 Å². The average molecular weight is 663 g/mol. The highest BCUT2D eigenvalue weighted by Gasteiger charge is 2.34. The highest BCUT2D eigenvalue weighted by molar-refractivity contribution is 5.99. The fourth-order valence-corrected chi connectivity index (χ4v) is 4.03. The molecule has 0 radical (unpaired) electrons. The summed E-state index contributed by atoms with van der Waals surface area (Å²) in [7, 11) is 1.54. The molecule has 1 saturated carbocycles. The van der Waals surface area contributed by atoms with Crippen LogP contribution < -0.4 is 10.1 Å². The summed E-state index contributed by atoms with van der Waals surface area (Å²) in [5.41, 5.74) is 1.93. The SMILES string of the molecule is C=O.CC.CC.CC.COc1ccc(C)c(-c2ccc(C(=O)NCC3CC3)nc2C(=O)OC(C)OC(=O)OCC2COC(C)(C)O2)c1. The maximum absolute atomic E-state index is 13.3. The third-order valence-electron chi connectivity index (χ3n) is 6.29. The Morgan fingerprint density at radius 2 is 1.64 bits per heavy atom. The fraction of sp³-hybridized carbons (Fsp3) is 0.571. The number of ether oxygens (including phenoxy) is 6. The van der Waals surface area contributed by atoms with Crippen molar-refractivity contribution in [1.82, 2.24) is 10.3 Å². The number of aromatic nitrogens is 1. The minimum Gasteiger partial charge on any atom is -0.497 e. The minimum atomic E-state index is -1.30. The van der Waals surface area contributed by atoms with Gasteiger partial charge >= 0.3 is 12.1 Å². The van der Waals surface area contributed by atoms with Gasteiger partial charge in [0.05, 0.1) is 13.7 Å². The van der Waals surface area contributed by atoms with Crippen molar-refractivity contribution in [2.24, 2.45) is 5.92 Å². The molecule has 4 rings (SSSR count). The number of nitrogens with one attached hydrogen (secondary N) is 1. The number of amides is 1. The Bertz CT molecular complexity index is 1250. The van der Waals surface area contributed by atoms with Crippen LogP contribution in [0.2, 0.25) is 0 Å². The Hall–Kier alpha value is -4.03. The van der Waals surface area contributed by atoms with Crippen molar-refractivity contribution in [2.45, 2.75) is 100 Å². The van der Waals surface area contributed by atoms with Crippen molar-refractivity contribution in [3.63, 3.8) is 0 Å². The van der Waals surface area contributed by atoms with Gasteiger partial charge in [-0.05, 0) is 74.9 Å². The molecule has 2 atom stereocenters. The molecule has 2 aromatic rings. The smallest absolute Gasteiger partial charge is 0.497 e. The molecule has 1 amide bonds. The van der Waals surface area contributed by atoms with Gasteiger partial charge in [0, 0.05) is 19.0 Å². The second-order valence-corrected chi connectivity index (χ2v) is 10.0. The summed E-state index contributed by atoms with van der Waals surface area (Å²) >= 11 is 0. The van der Waals surface area contributed by atoms with Gasteiger partial charge in [0.1, 0.15) is 30.9 Å². The van der Waals surface area contributed by atoms with Crippen LogP contribution >= 0.6 is 0 Å². The molecule has 1 aromatic carbocycles. The zero-order valence-corrected chi connectivity index (χ0v) is 29.9. The van der Waals surface area contributed by atoms with Gasteiger partial charge in [0.15, 0.2) is 11.5 Å². The van der Waals surface area contributed by atoms with Crippen molar-refractivity contribution in [1.29, 1.82) is 0 Å². The summed E-state index contributed by atoms with van der Waals surface area (Å²) in [5.74, 6) is -0.956. The third kappa shape index (κ3) is 14.5. The lowest BCUT2D eigenvalue weighted by atomic mass is 9.98. The van der Waals surface area contributed by atoms with Crippen LogP contribution in [0.4, 0.5) is 4.79 Å². The molecule has 2 aliphatic rings. The van der Waals surface area contributed by atoms with Crippen LogP contribution in [0.25, 0.3) is 11.1 Å². The number of carbonyl (C=O) groups is 4. The van der Waals surface area contributed by atoms with Crippen molar-refractivity contribution < 1.29 is 47.6 Å². The number of hydrogen-bond acceptors (Lipinski definition) is 11. The summed E-state index contributed by atoms with van der Waals surface area (Å²) < 4.78 is 31.9. The van der Waals surface area contributed by atoms with E-state index in [1.807, 2.05) is 61.3 Å². The van der Waals surface area contributed by atoms with Crippen LogP contribution in [-0.4, -0.2) is 74.9 Å². The predicted octanol–water partition coefficient (Wildman–Crippen LogP) is 6.91. The van der Waals surface area contributed by atoms with Crippen LogP contribution in [-0.2, 0) is 28.5 Å². The fourth-order valence-electron chi connectivity index (χ4n) is 4.03. The molecule has 12 nitrogen and oxygen atoms in total. The molecule has 0 spiro atoms. The molecule has 2 fully saturated rings. The Morgan fingerprint density at radius 1 is 1.00 bits per heavy atom. The van der Waals surface area contributed by atoms with Crippen LogP contribution in [0, 0.1) is 12.8 Å². The van der Waals surface area contributed by atoms with Gasteiger partial charge in [-0.1, -0.05) is 47.6 Å². The zero-order chi connectivity index (χ0) is 36.2. The highest BCUT2D eigenvalue weighted by atomic mass is 16.8. The third-order valence-corrected chi connectivity index (χ3v) is 6.29. The molecule has 1 aromatic heterocycles. The van der Waals surface area contributed by atoms with E-state index >= 15 is 0 Å². The van der Waals surface area contributed by atoms with Crippen molar-refractivity contribution >= 4 is 24.8 Å². The van der Waals surface area contributed by atoms with Crippen molar-refractivity contribution in [3.8, 4) is 16.9 Å². The average Bonchev–Trinajstić information content (AvgIpc) is 3.86. The summed E-state index contributed by atoms with van der Waals surface area (Å²) in [6.45, 7) is 21.5. The second kappa shape index (κ2) is 22.5. The standard InChI is InChI=1S/C28H34N2O9.3C2H6.CH2O/c1-16-6-9-19(34-5)12-22(16)21-10-11-23(25(31)29-13-18-7-8-18)30-24(21)26(32)37-17(2)38-27(33)35-14-20-15-36-28(3,4)39-20;4*1-2/h6,9-12,17-18,20H,7-8,13-15H2,1-5H3,(H,29,31);3*1-2H3;1H2. The molecule has 1 aliphatic carbocycles. The molecule has 264 valence electrons. The topological polar surface area (TPSA) is 149 Å². The second-order valence-electron chi connectivity index (χ2n) is 10.0. The molecule has 0 bridgehead atoms. The van der Waals surface area contributed by atoms with Gasteiger partial charge in [0.25, 0.3) is 5.91 Å². The van der Waals surface area contributed by atoms with Crippen LogP contribution in [0.5, 0.6) is 5.75 Å². The first-order valence-electron chi connectivity index (χ1n) is 16.1. The number of hydrogen-bond donors (Lipinski definition) is 1. The normalized spacial score (nSPS) is 15.9. The minimum absolute atomic E-state index is 0.0709. The Balaban J connectivity index is 0.00000246. The molecular formula is C35H54N2O10. The predicted molar refractivity (Wildman–Crippen MR) is 179 cm³/mol. The van der Waals surface area contributed by atoms with Gasteiger partial charge < -0.3 is 38.5 Å². The number of esters is 1. The molecule has 1 N–H and O–H groups in total. The van der Waals surface area contributed by atoms with Crippen LogP contribution in [0.15, 0.2) is 30.3 Å². The Kier molecular flexibility index (Phi) is 20.6. The van der Waals surface area contributed by atoms with Gasteiger partial charge in [0.2, 0.25) is 6.29 Å². The molecular weight excluding hydrogens is 608 g/mol. The van der Waals surface area contributed by atoms with Crippen LogP contribution in [0.3, 0.4) is 0 Å². The number of benzene rings is 1. The molecule has 1 aliphatic heterocycles. The largest absolute Gasteiger partial charge is 0.511 e. The summed E-state index contributed by atoms with van der Waals surface area (Å²) in [4.78, 5) is 50.5. The lowest BCUT2D eigenvalue weighted by Gasteiger charge is -2.18. The Morgan fingerprint density at radius 3 is 2.19 bits per heavy atom. The van der Waals surface area contributed by atoms with Gasteiger partial charge in [-0.15, -0.1) is 0 Å². The number of methoxy groups -OCH3 is 1. The van der Waals surface area contributed by atoms with E-state index in [-0.39, 0.29) is 30.5 Å². The van der Waals surface area contributed by atoms with E-state index in [2.05, 4.69) is 10.3 Å². The number of aryl methyl sites for hydroxylation is 1. The Labute approximate surface area is 279 Å². The van der Waals surface area contributed by atoms with Gasteiger partial charge in [-0.3, -0.25) is 4.79 Å². The number of carbonyl (C=O) groups excluding carboxylic acids is 4. The molecule has 1 saturated heterocycles. The molecule has 12 heteroatoms. The monoisotopic (exact) mass is 662 g/mol. The quantitative estimate of drug-likeness (QED) is 0.209. The number of nitrogens with zero attached hydrogens (tertiary/aromatic N) is 1. The number of rotatable bonds is 10. The van der Waals surface area contributed by atoms with Crippen molar-refractivity contribution in [2.75, 3.05) is 26.9 Å². The maximum Gasteiger partial charge on any atom is 0.511 e. The molecule has 2 unspecified atom stereocenters. The van der Waals surface area contributed by atoms with Gasteiger partial charge in [-0.2, -0.15) is 0 Å². The lowest BCUT2D eigenvalue weighted by molar-refractivity contribution is -0.145. The van der Waals surface area contributed by atoms with E-state index in [0.717, 1.165) is 18.4 Å². The molecule has 2 heterocycles. The highest BCUT2D eigenvalue weighted by Crippen LogP contribution is 2.31. The zero-order valence-electron chi connectivity index (χ0n) is 29.9. The van der Waals surface area contributed by atoms with E-state index < -0.39 is 30.3 Å². The lowest BCUT2D eigenvalue weighted by Crippen LogP contribution is -2.28. The summed E-state index contributed by atoms with van der Waals surface area (Å²) in [5, 5.41) is 2.85. The summed E-state index contributed by atoms with van der Waals surface area (Å²) in [6, 6.07) is 8.61. The first-order valence-corrected chi connectivity index (χ1v) is 16.1. The first-order chi connectivity index (χ1) is 22.5. The van der Waals surface area contributed by atoms with Crippen LogP contribution in [0.1, 0.15) is 102 Å². The van der Waals surface area contributed by atoms with E-state index in [1.54, 1.807) is 45.2 Å². The van der Waals surface area contributed by atoms with E-state index in [4.69, 9.17) is 33.2 Å². The summed E-state index contributed by atoms with van der Waals surface area (Å²) in [6.07, 6.45) is -0.598. The number of pyridine rings is 1. The maximum atomic E-state index is 13.3. The van der Waals surface area contributed by atoms with E-state index in [1.165, 1.54) is 6.92 Å². The van der Waals surface area contributed by atoms with E-state index in [0.29, 0.717) is 29.3 Å². The molecule has 47 heavy (non-hydrogen) atoms.